The Balaban J connectivity index is 1.50. The molecule has 2 aromatic rings. The van der Waals surface area contributed by atoms with Crippen LogP contribution in [0.2, 0.25) is 18.6 Å². The Hall–Kier alpha value is -2.25. The van der Waals surface area contributed by atoms with E-state index in [9.17, 15) is 22.3 Å². The highest BCUT2D eigenvalue weighted by Gasteiger charge is 2.65. The van der Waals surface area contributed by atoms with Crippen molar-refractivity contribution in [2.24, 2.45) is 17.8 Å². The summed E-state index contributed by atoms with van der Waals surface area (Å²) < 4.78 is 64.6. The lowest BCUT2D eigenvalue weighted by Crippen LogP contribution is -2.49. The fourth-order valence-electron chi connectivity index (χ4n) is 6.40. The average Bonchev–Trinajstić information content (AvgIpc) is 3.42. The van der Waals surface area contributed by atoms with E-state index in [4.69, 9.17) is 5.26 Å². The van der Waals surface area contributed by atoms with Crippen LogP contribution in [0.4, 0.5) is 18.9 Å². The van der Waals surface area contributed by atoms with Gasteiger partial charge in [0.25, 0.3) is 0 Å². The van der Waals surface area contributed by atoms with Crippen LogP contribution in [0, 0.1) is 29.1 Å². The summed E-state index contributed by atoms with van der Waals surface area (Å²) in [5.74, 6) is 0.117. The molecule has 4 nitrogen and oxygen atoms in total. The quantitative estimate of drug-likeness (QED) is 0.418. The number of allylic oxidation sites excluding steroid dienone is 2. The van der Waals surface area contributed by atoms with Crippen LogP contribution in [0.3, 0.4) is 0 Å². The number of hydrogen-bond acceptors (Lipinski definition) is 4. The summed E-state index contributed by atoms with van der Waals surface area (Å²) >= 11 is 0. The van der Waals surface area contributed by atoms with Gasteiger partial charge in [-0.2, -0.15) is 18.4 Å². The number of nitrogens with zero attached hydrogens (tertiary/aromatic N) is 2. The lowest BCUT2D eigenvalue weighted by Gasteiger charge is -2.45. The maximum atomic E-state index is 13.5. The summed E-state index contributed by atoms with van der Waals surface area (Å²) in [5.41, 5.74) is -1.10. The first-order chi connectivity index (χ1) is 15.5. The summed E-state index contributed by atoms with van der Waals surface area (Å²) in [7, 11) is -5.31. The van der Waals surface area contributed by atoms with Gasteiger partial charge in [0.1, 0.15) is 0 Å². The first-order valence-corrected chi connectivity index (χ1v) is 15.5. The van der Waals surface area contributed by atoms with Gasteiger partial charge in [0.05, 0.1) is 36.2 Å². The lowest BCUT2D eigenvalue weighted by molar-refractivity contribution is -0.137. The SMILES string of the molecule is C[Si](C)(c1ccccc1)[C@@H]1[C@@H]2C=C[C@H]1[C@@H]1[C@H]2CN(c2ccc(C#N)c(C(F)(F)F)c2)S1(O)O. The third-order valence-corrected chi connectivity index (χ3v) is 14.5. The summed E-state index contributed by atoms with van der Waals surface area (Å²) in [4.78, 5) is 0. The molecule has 2 N–H and O–H groups in total. The van der Waals surface area contributed by atoms with E-state index in [2.05, 4.69) is 37.4 Å². The van der Waals surface area contributed by atoms with E-state index < -0.39 is 41.4 Å². The molecule has 5 atom stereocenters. The standard InChI is InChI=1S/C24H25F3N2O2SSi/c1-33(2,17-6-4-3-5-7-17)23-18-10-11-19(23)22-20(18)14-29(32(22,30)31)16-9-8-15(13-28)21(12-16)24(25,26)27/h3-12,18-20,22-23,30-31H,14H2,1-2H3/t18-,19+,20+,22-,23-/m1/s1. The van der Waals surface area contributed by atoms with Crippen LogP contribution in [0.25, 0.3) is 0 Å². The number of nitriles is 1. The van der Waals surface area contributed by atoms with Gasteiger partial charge >= 0.3 is 6.18 Å². The van der Waals surface area contributed by atoms with Crippen molar-refractivity contribution < 1.29 is 22.3 Å². The Kier molecular flexibility index (Phi) is 5.03. The van der Waals surface area contributed by atoms with E-state index in [1.54, 1.807) is 6.07 Å². The summed E-state index contributed by atoms with van der Waals surface area (Å²) in [6.07, 6.45) is -0.407. The Bertz CT molecular complexity index is 1160. The number of alkyl halides is 3. The van der Waals surface area contributed by atoms with Crippen molar-refractivity contribution in [3.63, 3.8) is 0 Å². The maximum absolute atomic E-state index is 13.5. The van der Waals surface area contributed by atoms with Gasteiger partial charge in [-0.3, -0.25) is 13.4 Å². The van der Waals surface area contributed by atoms with E-state index in [1.807, 2.05) is 18.2 Å². The molecular weight excluding hydrogens is 465 g/mol. The number of halogens is 3. The van der Waals surface area contributed by atoms with E-state index in [-0.39, 0.29) is 30.0 Å². The molecule has 2 aliphatic carbocycles. The topological polar surface area (TPSA) is 67.5 Å². The van der Waals surface area contributed by atoms with Gasteiger partial charge in [-0.25, -0.2) is 0 Å². The van der Waals surface area contributed by atoms with Crippen LogP contribution in [0.1, 0.15) is 11.1 Å². The van der Waals surface area contributed by atoms with Crippen LogP contribution in [-0.4, -0.2) is 29.0 Å². The molecule has 0 spiro atoms. The zero-order valence-electron chi connectivity index (χ0n) is 18.2. The van der Waals surface area contributed by atoms with Crippen LogP contribution >= 0.6 is 10.8 Å². The number of benzene rings is 2. The second-order valence-electron chi connectivity index (χ2n) is 9.74. The zero-order valence-corrected chi connectivity index (χ0v) is 20.0. The molecule has 0 amide bonds. The largest absolute Gasteiger partial charge is 0.417 e. The predicted molar refractivity (Wildman–Crippen MR) is 127 cm³/mol. The minimum absolute atomic E-state index is 0.0164. The summed E-state index contributed by atoms with van der Waals surface area (Å²) in [6.45, 7) is 4.93. The average molecular weight is 491 g/mol. The van der Waals surface area contributed by atoms with Gasteiger partial charge in [0.2, 0.25) is 0 Å². The van der Waals surface area contributed by atoms with Crippen molar-refractivity contribution >= 4 is 29.7 Å². The van der Waals surface area contributed by atoms with Gasteiger partial charge in [0, 0.05) is 18.4 Å². The predicted octanol–water partition coefficient (Wildman–Crippen LogP) is 5.85. The van der Waals surface area contributed by atoms with Crippen molar-refractivity contribution in [1.82, 2.24) is 0 Å². The first kappa shape index (κ1) is 22.5. The molecule has 9 heteroatoms. The molecule has 1 saturated carbocycles. The lowest BCUT2D eigenvalue weighted by atomic mass is 9.93. The number of anilines is 1. The molecule has 174 valence electrons. The third kappa shape index (κ3) is 3.27. The number of hydrogen-bond donors (Lipinski definition) is 2. The molecular formula is C24H25F3N2O2SSi. The molecule has 3 aliphatic rings. The van der Waals surface area contributed by atoms with E-state index in [0.717, 1.165) is 12.1 Å². The zero-order chi connectivity index (χ0) is 23.8. The molecule has 2 aromatic carbocycles. The molecule has 0 unspecified atom stereocenters. The minimum atomic E-state index is -4.70. The molecule has 0 radical (unpaired) electrons. The fourth-order valence-corrected chi connectivity index (χ4v) is 13.1. The van der Waals surface area contributed by atoms with Crippen LogP contribution in [0.15, 0.2) is 60.7 Å². The maximum Gasteiger partial charge on any atom is 0.417 e. The molecule has 0 aromatic heterocycles. The summed E-state index contributed by atoms with van der Waals surface area (Å²) in [6, 6.07) is 15.3. The van der Waals surface area contributed by atoms with Crippen molar-refractivity contribution in [3.05, 3.63) is 71.8 Å². The Morgan fingerprint density at radius 2 is 1.73 bits per heavy atom. The molecule has 2 fully saturated rings. The van der Waals surface area contributed by atoms with Crippen molar-refractivity contribution in [2.45, 2.75) is 30.1 Å². The van der Waals surface area contributed by atoms with Crippen molar-refractivity contribution in [2.75, 3.05) is 10.8 Å². The van der Waals surface area contributed by atoms with Crippen LogP contribution in [-0.2, 0) is 6.18 Å². The van der Waals surface area contributed by atoms with Crippen molar-refractivity contribution in [3.8, 4) is 6.07 Å². The van der Waals surface area contributed by atoms with Crippen LogP contribution in [0.5, 0.6) is 0 Å². The Morgan fingerprint density at radius 3 is 2.33 bits per heavy atom. The van der Waals surface area contributed by atoms with Gasteiger partial charge < -0.3 is 0 Å². The van der Waals surface area contributed by atoms with Gasteiger partial charge in [-0.05, 0) is 29.7 Å². The molecule has 1 aliphatic heterocycles. The highest BCUT2D eigenvalue weighted by atomic mass is 32.3. The fraction of sp³-hybridized carbons (Fsp3) is 0.375. The molecule has 1 saturated heterocycles. The monoisotopic (exact) mass is 490 g/mol. The minimum Gasteiger partial charge on any atom is -0.281 e. The van der Waals surface area contributed by atoms with E-state index in [1.165, 1.54) is 15.6 Å². The van der Waals surface area contributed by atoms with Gasteiger partial charge in [-0.1, -0.05) is 60.8 Å². The smallest absolute Gasteiger partial charge is 0.281 e. The molecule has 33 heavy (non-hydrogen) atoms. The molecule has 5 rings (SSSR count). The Morgan fingerprint density at radius 1 is 1.06 bits per heavy atom. The highest BCUT2D eigenvalue weighted by molar-refractivity contribution is 8.26. The summed E-state index contributed by atoms with van der Waals surface area (Å²) in [5, 5.41) is 10.0. The molecule has 1 heterocycles. The second kappa shape index (κ2) is 7.37. The van der Waals surface area contributed by atoms with Crippen molar-refractivity contribution in [1.29, 1.82) is 5.26 Å². The number of rotatable bonds is 3. The highest BCUT2D eigenvalue weighted by Crippen LogP contribution is 2.72. The van der Waals surface area contributed by atoms with E-state index in [0.29, 0.717) is 5.54 Å². The Labute approximate surface area is 193 Å². The van der Waals surface area contributed by atoms with Gasteiger partial charge in [-0.15, -0.1) is 10.8 Å². The second-order valence-corrected chi connectivity index (χ2v) is 16.5. The number of fused-ring (bicyclic) bond motifs is 5. The normalized spacial score (nSPS) is 30.8. The van der Waals surface area contributed by atoms with E-state index >= 15 is 0 Å². The van der Waals surface area contributed by atoms with Gasteiger partial charge in [0.15, 0.2) is 0 Å². The molecule has 2 bridgehead atoms. The third-order valence-electron chi connectivity index (χ3n) is 7.81. The first-order valence-electron chi connectivity index (χ1n) is 10.9. The van der Waals surface area contributed by atoms with Crippen LogP contribution < -0.4 is 9.49 Å².